The molecule has 6 heteroatoms. The zero-order chi connectivity index (χ0) is 19.8. The Balaban J connectivity index is 1.60. The second-order valence-electron chi connectivity index (χ2n) is 7.18. The number of methoxy groups -OCH3 is 1. The highest BCUT2D eigenvalue weighted by Gasteiger charge is 2.24. The van der Waals surface area contributed by atoms with Gasteiger partial charge in [0.15, 0.2) is 0 Å². The van der Waals surface area contributed by atoms with Crippen molar-refractivity contribution in [2.75, 3.05) is 46.9 Å². The number of carbonyl (C=O) groups is 1. The van der Waals surface area contributed by atoms with E-state index in [1.165, 1.54) is 5.56 Å². The van der Waals surface area contributed by atoms with Crippen LogP contribution in [-0.2, 0) is 6.54 Å². The van der Waals surface area contributed by atoms with Crippen molar-refractivity contribution < 1.29 is 9.53 Å². The lowest BCUT2D eigenvalue weighted by Crippen LogP contribution is -2.49. The number of nitrogens with one attached hydrogen (secondary N) is 2. The molecule has 1 atom stereocenters. The molecule has 1 fully saturated rings. The summed E-state index contributed by atoms with van der Waals surface area (Å²) in [5, 5.41) is 5.99. The summed E-state index contributed by atoms with van der Waals surface area (Å²) in [5.41, 5.74) is 2.28. The molecule has 1 aliphatic heterocycles. The first kappa shape index (κ1) is 20.2. The highest BCUT2D eigenvalue weighted by molar-refractivity contribution is 5.73. The average Bonchev–Trinajstić information content (AvgIpc) is 2.75. The monoisotopic (exact) mass is 382 g/mol. The van der Waals surface area contributed by atoms with Gasteiger partial charge in [-0.1, -0.05) is 42.5 Å². The van der Waals surface area contributed by atoms with Gasteiger partial charge in [-0.25, -0.2) is 4.79 Å². The van der Waals surface area contributed by atoms with E-state index in [-0.39, 0.29) is 12.1 Å². The summed E-state index contributed by atoms with van der Waals surface area (Å²) in [6.45, 7) is 5.13. The van der Waals surface area contributed by atoms with E-state index in [2.05, 4.69) is 39.6 Å². The Hall–Kier alpha value is -2.57. The first-order valence-electron chi connectivity index (χ1n) is 9.78. The van der Waals surface area contributed by atoms with Crippen molar-refractivity contribution in [3.63, 3.8) is 0 Å². The van der Waals surface area contributed by atoms with Gasteiger partial charge in [0.25, 0.3) is 0 Å². The maximum Gasteiger partial charge on any atom is 0.315 e. The molecule has 0 spiro atoms. The Bertz CT molecular complexity index is 728. The minimum atomic E-state index is -0.142. The van der Waals surface area contributed by atoms with Crippen molar-refractivity contribution in [1.29, 1.82) is 0 Å². The van der Waals surface area contributed by atoms with E-state index in [0.717, 1.165) is 37.5 Å². The molecule has 28 heavy (non-hydrogen) atoms. The number of carbonyl (C=O) groups excluding carboxylic acids is 1. The van der Waals surface area contributed by atoms with E-state index in [1.54, 1.807) is 7.11 Å². The van der Waals surface area contributed by atoms with Crippen molar-refractivity contribution in [1.82, 2.24) is 20.4 Å². The third-order valence-corrected chi connectivity index (χ3v) is 5.23. The van der Waals surface area contributed by atoms with Gasteiger partial charge in [-0.3, -0.25) is 4.90 Å². The van der Waals surface area contributed by atoms with Gasteiger partial charge >= 0.3 is 6.03 Å². The molecule has 3 rings (SSSR count). The topological polar surface area (TPSA) is 56.8 Å². The minimum Gasteiger partial charge on any atom is -0.497 e. The van der Waals surface area contributed by atoms with E-state index in [0.29, 0.717) is 13.1 Å². The summed E-state index contributed by atoms with van der Waals surface area (Å²) < 4.78 is 5.28. The summed E-state index contributed by atoms with van der Waals surface area (Å²) in [5.74, 6) is 0.842. The van der Waals surface area contributed by atoms with E-state index >= 15 is 0 Å². The van der Waals surface area contributed by atoms with Gasteiger partial charge < -0.3 is 20.3 Å². The largest absolute Gasteiger partial charge is 0.497 e. The second kappa shape index (κ2) is 10.1. The third kappa shape index (κ3) is 5.71. The lowest BCUT2D eigenvalue weighted by atomic mass is 10.0. The number of piperazine rings is 1. The van der Waals surface area contributed by atoms with E-state index in [9.17, 15) is 4.79 Å². The van der Waals surface area contributed by atoms with Crippen LogP contribution in [0.15, 0.2) is 54.6 Å². The summed E-state index contributed by atoms with van der Waals surface area (Å²) >= 11 is 0. The lowest BCUT2D eigenvalue weighted by Gasteiger charge is -2.38. The Labute approximate surface area is 167 Å². The first-order valence-corrected chi connectivity index (χ1v) is 9.78. The van der Waals surface area contributed by atoms with Crippen LogP contribution in [-0.4, -0.2) is 62.7 Å². The standard InChI is InChI=1S/C22H30N4O2/c1-25-12-14-26(15-13-25)21(19-8-10-20(28-2)11-9-19)17-24-22(27)23-16-18-6-4-3-5-7-18/h3-11,21H,12-17H2,1-2H3,(H2,23,24,27). The predicted octanol–water partition coefficient (Wildman–Crippen LogP) is 2.48. The molecule has 2 aromatic rings. The van der Waals surface area contributed by atoms with Crippen molar-refractivity contribution in [3.05, 3.63) is 65.7 Å². The molecule has 1 saturated heterocycles. The average molecular weight is 383 g/mol. The molecule has 2 N–H and O–H groups in total. The minimum absolute atomic E-state index is 0.141. The highest BCUT2D eigenvalue weighted by Crippen LogP contribution is 2.23. The molecule has 1 unspecified atom stereocenters. The molecule has 1 aliphatic rings. The van der Waals surface area contributed by atoms with Gasteiger partial charge in [0.2, 0.25) is 0 Å². The zero-order valence-electron chi connectivity index (χ0n) is 16.7. The summed E-state index contributed by atoms with van der Waals surface area (Å²) in [4.78, 5) is 17.1. The SMILES string of the molecule is COc1ccc(C(CNC(=O)NCc2ccccc2)N2CCN(C)CC2)cc1. The van der Waals surface area contributed by atoms with Crippen LogP contribution < -0.4 is 15.4 Å². The fourth-order valence-corrected chi connectivity index (χ4v) is 3.45. The van der Waals surface area contributed by atoms with Crippen molar-refractivity contribution in [2.24, 2.45) is 0 Å². The van der Waals surface area contributed by atoms with Gasteiger partial charge in [-0.05, 0) is 30.3 Å². The smallest absolute Gasteiger partial charge is 0.315 e. The summed E-state index contributed by atoms with van der Waals surface area (Å²) in [6.07, 6.45) is 0. The Morgan fingerprint density at radius 1 is 1.00 bits per heavy atom. The fraction of sp³-hybridized carbons (Fsp3) is 0.409. The van der Waals surface area contributed by atoms with Crippen LogP contribution in [0.5, 0.6) is 5.75 Å². The molecule has 0 aliphatic carbocycles. The number of rotatable bonds is 7. The molecule has 6 nitrogen and oxygen atoms in total. The van der Waals surface area contributed by atoms with Crippen LogP contribution in [0.25, 0.3) is 0 Å². The third-order valence-electron chi connectivity index (χ3n) is 5.23. The van der Waals surface area contributed by atoms with Crippen LogP contribution in [0.3, 0.4) is 0 Å². The predicted molar refractivity (Wildman–Crippen MR) is 111 cm³/mol. The number of hydrogen-bond donors (Lipinski definition) is 2. The Morgan fingerprint density at radius 2 is 1.68 bits per heavy atom. The number of benzene rings is 2. The Morgan fingerprint density at radius 3 is 2.32 bits per heavy atom. The molecular weight excluding hydrogens is 352 g/mol. The lowest BCUT2D eigenvalue weighted by molar-refractivity contribution is 0.111. The number of urea groups is 1. The molecule has 0 radical (unpaired) electrons. The Kier molecular flexibility index (Phi) is 7.28. The molecule has 2 aromatic carbocycles. The molecule has 0 bridgehead atoms. The molecule has 0 aromatic heterocycles. The number of ether oxygens (including phenoxy) is 1. The summed E-state index contributed by atoms with van der Waals surface area (Å²) in [6, 6.07) is 18.1. The molecular formula is C22H30N4O2. The maximum atomic E-state index is 12.3. The van der Waals surface area contributed by atoms with Crippen LogP contribution in [0.1, 0.15) is 17.2 Å². The number of amides is 2. The molecule has 2 amide bonds. The number of hydrogen-bond acceptors (Lipinski definition) is 4. The van der Waals surface area contributed by atoms with Crippen LogP contribution in [0, 0.1) is 0 Å². The van der Waals surface area contributed by atoms with Crippen molar-refractivity contribution in [2.45, 2.75) is 12.6 Å². The van der Waals surface area contributed by atoms with E-state index in [1.807, 2.05) is 42.5 Å². The zero-order valence-corrected chi connectivity index (χ0v) is 16.7. The maximum absolute atomic E-state index is 12.3. The van der Waals surface area contributed by atoms with Gasteiger partial charge in [0, 0.05) is 39.3 Å². The first-order chi connectivity index (χ1) is 13.7. The molecule has 0 saturated carbocycles. The number of likely N-dealkylation sites (N-methyl/N-ethyl adjacent to an activating group) is 1. The van der Waals surface area contributed by atoms with Crippen LogP contribution >= 0.6 is 0 Å². The quantitative estimate of drug-likeness (QED) is 0.773. The van der Waals surface area contributed by atoms with Crippen molar-refractivity contribution >= 4 is 6.03 Å². The highest BCUT2D eigenvalue weighted by atomic mass is 16.5. The van der Waals surface area contributed by atoms with Crippen LogP contribution in [0.4, 0.5) is 4.79 Å². The van der Waals surface area contributed by atoms with Gasteiger partial charge in [-0.2, -0.15) is 0 Å². The normalized spacial score (nSPS) is 16.4. The van der Waals surface area contributed by atoms with Gasteiger partial charge in [0.1, 0.15) is 5.75 Å². The van der Waals surface area contributed by atoms with Gasteiger partial charge in [-0.15, -0.1) is 0 Å². The second-order valence-corrected chi connectivity index (χ2v) is 7.18. The van der Waals surface area contributed by atoms with Crippen molar-refractivity contribution in [3.8, 4) is 5.75 Å². The van der Waals surface area contributed by atoms with E-state index in [4.69, 9.17) is 4.74 Å². The fourth-order valence-electron chi connectivity index (χ4n) is 3.45. The van der Waals surface area contributed by atoms with Gasteiger partial charge in [0.05, 0.1) is 13.2 Å². The van der Waals surface area contributed by atoms with Crippen LogP contribution in [0.2, 0.25) is 0 Å². The van der Waals surface area contributed by atoms with E-state index < -0.39 is 0 Å². The molecule has 1 heterocycles. The molecule has 150 valence electrons. The summed E-state index contributed by atoms with van der Waals surface area (Å²) in [7, 11) is 3.82. The number of nitrogens with zero attached hydrogens (tertiary/aromatic N) is 2.